The van der Waals surface area contributed by atoms with E-state index in [0.717, 1.165) is 26.2 Å². The average molecular weight is 258 g/mol. The van der Waals surface area contributed by atoms with E-state index in [1.54, 1.807) is 6.92 Å². The Bertz CT molecular complexity index is 290. The fourth-order valence-corrected chi connectivity index (χ4v) is 1.72. The molecule has 7 nitrogen and oxygen atoms in total. The molecule has 0 aromatic rings. The second kappa shape index (κ2) is 7.17. The number of hydrogen-bond donors (Lipinski definition) is 3. The molecular formula is C11H22N4O3. The molecule has 0 spiro atoms. The van der Waals surface area contributed by atoms with Gasteiger partial charge in [-0.1, -0.05) is 6.92 Å². The quantitative estimate of drug-likeness (QED) is 0.622. The Morgan fingerprint density at radius 1 is 1.28 bits per heavy atom. The first-order valence-electron chi connectivity index (χ1n) is 6.23. The van der Waals surface area contributed by atoms with Crippen molar-refractivity contribution in [2.75, 3.05) is 39.8 Å². The van der Waals surface area contributed by atoms with Crippen LogP contribution in [0.3, 0.4) is 0 Å². The molecule has 0 saturated carbocycles. The van der Waals surface area contributed by atoms with E-state index in [4.69, 9.17) is 5.11 Å². The van der Waals surface area contributed by atoms with Gasteiger partial charge in [0, 0.05) is 32.7 Å². The standard InChI is InChI=1S/C11H22N4O3/c1-3-9(10(16)17)8-12-11(18)13-15-6-4-14(2)5-7-15/h9H,3-8H2,1-2H3,(H,16,17)(H2,12,13,18). The van der Waals surface area contributed by atoms with Gasteiger partial charge < -0.3 is 15.3 Å². The minimum absolute atomic E-state index is 0.158. The topological polar surface area (TPSA) is 84.9 Å². The van der Waals surface area contributed by atoms with Crippen molar-refractivity contribution in [2.24, 2.45) is 5.92 Å². The number of carboxylic acid groups (broad SMARTS) is 1. The smallest absolute Gasteiger partial charge is 0.329 e. The first kappa shape index (κ1) is 14.7. The third-order valence-corrected chi connectivity index (χ3v) is 3.11. The molecular weight excluding hydrogens is 236 g/mol. The number of hydrogen-bond acceptors (Lipinski definition) is 4. The Morgan fingerprint density at radius 3 is 2.39 bits per heavy atom. The second-order valence-electron chi connectivity index (χ2n) is 4.56. The van der Waals surface area contributed by atoms with Crippen molar-refractivity contribution in [2.45, 2.75) is 13.3 Å². The van der Waals surface area contributed by atoms with Crippen LogP contribution < -0.4 is 10.7 Å². The van der Waals surface area contributed by atoms with Gasteiger partial charge in [0.05, 0.1) is 5.92 Å². The summed E-state index contributed by atoms with van der Waals surface area (Å²) in [6, 6.07) is -0.334. The van der Waals surface area contributed by atoms with Crippen LogP contribution in [0.4, 0.5) is 4.79 Å². The molecule has 0 aliphatic carbocycles. The highest BCUT2D eigenvalue weighted by atomic mass is 16.4. The predicted octanol–water partition coefficient (Wildman–Crippen LogP) is -0.441. The number of urea groups is 1. The van der Waals surface area contributed by atoms with E-state index in [2.05, 4.69) is 15.6 Å². The lowest BCUT2D eigenvalue weighted by molar-refractivity contribution is -0.141. The monoisotopic (exact) mass is 258 g/mol. The number of piperazine rings is 1. The molecule has 0 aromatic carbocycles. The molecule has 1 atom stereocenters. The number of nitrogens with one attached hydrogen (secondary N) is 2. The van der Waals surface area contributed by atoms with Crippen molar-refractivity contribution >= 4 is 12.0 Å². The first-order valence-corrected chi connectivity index (χ1v) is 6.23. The molecule has 1 saturated heterocycles. The number of carbonyl (C=O) groups excluding carboxylic acids is 1. The van der Waals surface area contributed by atoms with Crippen LogP contribution in [0.5, 0.6) is 0 Å². The summed E-state index contributed by atoms with van der Waals surface area (Å²) in [6.45, 7) is 5.32. The summed E-state index contributed by atoms with van der Waals surface area (Å²) in [7, 11) is 2.04. The Morgan fingerprint density at radius 2 is 1.89 bits per heavy atom. The normalized spacial score (nSPS) is 19.2. The highest BCUT2D eigenvalue weighted by Crippen LogP contribution is 2.00. The number of likely N-dealkylation sites (N-methyl/N-ethyl adjacent to an activating group) is 1. The number of hydrazine groups is 1. The lowest BCUT2D eigenvalue weighted by Crippen LogP contribution is -2.55. The lowest BCUT2D eigenvalue weighted by Gasteiger charge is -2.32. The van der Waals surface area contributed by atoms with Crippen LogP contribution in [-0.2, 0) is 4.79 Å². The Hall–Kier alpha value is -1.34. The van der Waals surface area contributed by atoms with Gasteiger partial charge in [-0.3, -0.25) is 10.2 Å². The average Bonchev–Trinajstić information content (AvgIpc) is 2.32. The van der Waals surface area contributed by atoms with Gasteiger partial charge in [-0.05, 0) is 13.5 Å². The van der Waals surface area contributed by atoms with Gasteiger partial charge in [0.1, 0.15) is 0 Å². The third-order valence-electron chi connectivity index (χ3n) is 3.11. The van der Waals surface area contributed by atoms with E-state index in [-0.39, 0.29) is 12.6 Å². The van der Waals surface area contributed by atoms with Crippen LogP contribution in [0.15, 0.2) is 0 Å². The van der Waals surface area contributed by atoms with Crippen molar-refractivity contribution in [1.82, 2.24) is 20.7 Å². The van der Waals surface area contributed by atoms with Gasteiger partial charge >= 0.3 is 12.0 Å². The van der Waals surface area contributed by atoms with Gasteiger partial charge in [-0.2, -0.15) is 0 Å². The van der Waals surface area contributed by atoms with Crippen molar-refractivity contribution < 1.29 is 14.7 Å². The Labute approximate surface area is 107 Å². The van der Waals surface area contributed by atoms with Crippen molar-refractivity contribution in [3.8, 4) is 0 Å². The zero-order valence-electron chi connectivity index (χ0n) is 11.0. The summed E-state index contributed by atoms with van der Waals surface area (Å²) in [6.07, 6.45) is 0.504. The molecule has 0 radical (unpaired) electrons. The number of carbonyl (C=O) groups is 2. The summed E-state index contributed by atoms with van der Waals surface area (Å²) in [4.78, 5) is 24.5. The van der Waals surface area contributed by atoms with Gasteiger partial charge in [0.2, 0.25) is 0 Å². The number of carboxylic acids is 1. The fraction of sp³-hybridized carbons (Fsp3) is 0.818. The third kappa shape index (κ3) is 4.89. The van der Waals surface area contributed by atoms with Gasteiger partial charge in [-0.25, -0.2) is 9.80 Å². The van der Waals surface area contributed by atoms with Crippen LogP contribution in [-0.4, -0.2) is 66.8 Å². The van der Waals surface area contributed by atoms with E-state index in [1.165, 1.54) is 0 Å². The minimum atomic E-state index is -0.877. The maximum atomic E-state index is 11.6. The Balaban J connectivity index is 2.23. The number of rotatable bonds is 5. The van der Waals surface area contributed by atoms with Crippen LogP contribution in [0.1, 0.15) is 13.3 Å². The molecule has 1 unspecified atom stereocenters. The van der Waals surface area contributed by atoms with Gasteiger partial charge in [0.15, 0.2) is 0 Å². The lowest BCUT2D eigenvalue weighted by atomic mass is 10.1. The molecule has 1 aliphatic rings. The van der Waals surface area contributed by atoms with Crippen LogP contribution in [0.25, 0.3) is 0 Å². The first-order chi connectivity index (χ1) is 8.52. The maximum Gasteiger partial charge on any atom is 0.329 e. The zero-order valence-corrected chi connectivity index (χ0v) is 11.0. The summed E-state index contributed by atoms with van der Waals surface area (Å²) >= 11 is 0. The van der Waals surface area contributed by atoms with E-state index in [9.17, 15) is 9.59 Å². The summed E-state index contributed by atoms with van der Waals surface area (Å²) in [5.41, 5.74) is 2.72. The molecule has 0 aromatic heterocycles. The SMILES string of the molecule is CCC(CNC(=O)NN1CCN(C)CC1)C(=O)O. The molecule has 1 aliphatic heterocycles. The highest BCUT2D eigenvalue weighted by molar-refractivity contribution is 5.75. The zero-order chi connectivity index (χ0) is 13.5. The summed E-state index contributed by atoms with van der Waals surface area (Å²) < 4.78 is 0. The van der Waals surface area contributed by atoms with E-state index < -0.39 is 11.9 Å². The van der Waals surface area contributed by atoms with E-state index in [1.807, 2.05) is 12.1 Å². The highest BCUT2D eigenvalue weighted by Gasteiger charge is 2.18. The molecule has 1 heterocycles. The largest absolute Gasteiger partial charge is 0.481 e. The van der Waals surface area contributed by atoms with Crippen molar-refractivity contribution in [3.63, 3.8) is 0 Å². The van der Waals surface area contributed by atoms with Crippen molar-refractivity contribution in [1.29, 1.82) is 0 Å². The fourth-order valence-electron chi connectivity index (χ4n) is 1.72. The van der Waals surface area contributed by atoms with Crippen LogP contribution >= 0.6 is 0 Å². The predicted molar refractivity (Wildman–Crippen MR) is 67.0 cm³/mol. The van der Waals surface area contributed by atoms with Gasteiger partial charge in [-0.15, -0.1) is 0 Å². The molecule has 104 valence electrons. The molecule has 3 N–H and O–H groups in total. The molecule has 1 fully saturated rings. The number of amides is 2. The molecule has 1 rings (SSSR count). The van der Waals surface area contributed by atoms with E-state index in [0.29, 0.717) is 6.42 Å². The summed E-state index contributed by atoms with van der Waals surface area (Å²) in [5, 5.41) is 13.3. The number of aliphatic carboxylic acids is 1. The van der Waals surface area contributed by atoms with E-state index >= 15 is 0 Å². The van der Waals surface area contributed by atoms with Gasteiger partial charge in [0.25, 0.3) is 0 Å². The molecule has 18 heavy (non-hydrogen) atoms. The second-order valence-corrected chi connectivity index (χ2v) is 4.56. The molecule has 0 bridgehead atoms. The molecule has 2 amide bonds. The van der Waals surface area contributed by atoms with Crippen LogP contribution in [0.2, 0.25) is 0 Å². The molecule has 7 heteroatoms. The van der Waals surface area contributed by atoms with Crippen LogP contribution in [0, 0.1) is 5.92 Å². The minimum Gasteiger partial charge on any atom is -0.481 e. The number of nitrogens with zero attached hydrogens (tertiary/aromatic N) is 2. The van der Waals surface area contributed by atoms with Crippen molar-refractivity contribution in [3.05, 3.63) is 0 Å². The summed E-state index contributed by atoms with van der Waals surface area (Å²) in [5.74, 6) is -1.40. The maximum absolute atomic E-state index is 11.6. The Kier molecular flexibility index (Phi) is 5.87.